The minimum atomic E-state index is 1.10. The molecule has 0 saturated heterocycles. The van der Waals surface area contributed by atoms with Gasteiger partial charge in [-0.25, -0.2) is 0 Å². The van der Waals surface area contributed by atoms with Crippen LogP contribution in [0, 0.1) is 0 Å². The number of rotatable bonds is 7. The number of nitrogens with zero attached hydrogens (tertiary/aromatic N) is 1. The molecule has 0 fully saturated rings. The predicted molar refractivity (Wildman–Crippen MR) is 266 cm³/mol. The second-order valence-corrected chi connectivity index (χ2v) is 17.8. The zero-order valence-electron chi connectivity index (χ0n) is 33.1. The maximum atomic E-state index is 2.42. The molecule has 0 aliphatic rings. The van der Waals surface area contributed by atoms with Crippen LogP contribution in [0.3, 0.4) is 0 Å². The third-order valence-electron chi connectivity index (χ3n) is 12.0. The molecule has 12 aromatic rings. The number of hydrogen-bond acceptors (Lipinski definition) is 3. The number of anilines is 3. The fourth-order valence-corrected chi connectivity index (χ4v) is 11.5. The Morgan fingerprint density at radius 1 is 0.262 bits per heavy atom. The molecule has 0 unspecified atom stereocenters. The van der Waals surface area contributed by atoms with Crippen molar-refractivity contribution in [3.8, 4) is 44.5 Å². The summed E-state index contributed by atoms with van der Waals surface area (Å²) in [7, 11) is 0. The summed E-state index contributed by atoms with van der Waals surface area (Å²) >= 11 is 3.75. The fraction of sp³-hybridized carbons (Fsp3) is 0. The van der Waals surface area contributed by atoms with Crippen LogP contribution in [-0.4, -0.2) is 0 Å². The van der Waals surface area contributed by atoms with E-state index in [4.69, 9.17) is 0 Å². The van der Waals surface area contributed by atoms with Gasteiger partial charge in [-0.2, -0.15) is 0 Å². The SMILES string of the molecule is c1cc(-c2cccc(N(c3cccc(-c4ccc5c(c4)sc4ccccc45)c3)c3cccc(-c4cccc5ccccc45)c3)c2)cc(-c2cccc3c2sc2ccccc23)c1. The van der Waals surface area contributed by atoms with Crippen molar-refractivity contribution >= 4 is 90.9 Å². The van der Waals surface area contributed by atoms with E-state index < -0.39 is 0 Å². The second-order valence-electron chi connectivity index (χ2n) is 15.7. The van der Waals surface area contributed by atoms with E-state index in [0.29, 0.717) is 0 Å². The van der Waals surface area contributed by atoms with Crippen LogP contribution in [-0.2, 0) is 0 Å². The van der Waals surface area contributed by atoms with Crippen LogP contribution in [0.5, 0.6) is 0 Å². The largest absolute Gasteiger partial charge is 0.310 e. The van der Waals surface area contributed by atoms with E-state index in [1.165, 1.54) is 95.6 Å². The van der Waals surface area contributed by atoms with Crippen LogP contribution in [0.15, 0.2) is 224 Å². The summed E-state index contributed by atoms with van der Waals surface area (Å²) in [5.74, 6) is 0. The molecule has 1 nitrogen and oxygen atoms in total. The normalized spacial score (nSPS) is 11.6. The molecule has 0 saturated carbocycles. The quantitative estimate of drug-likeness (QED) is 0.155. The molecule has 0 spiro atoms. The summed E-state index contributed by atoms with van der Waals surface area (Å²) < 4.78 is 5.28. The van der Waals surface area contributed by atoms with Crippen molar-refractivity contribution in [2.45, 2.75) is 0 Å². The van der Waals surface area contributed by atoms with Crippen molar-refractivity contribution in [1.29, 1.82) is 0 Å². The van der Waals surface area contributed by atoms with Crippen molar-refractivity contribution in [2.24, 2.45) is 0 Å². The van der Waals surface area contributed by atoms with Gasteiger partial charge in [-0.3, -0.25) is 0 Å². The third kappa shape index (κ3) is 6.29. The van der Waals surface area contributed by atoms with E-state index in [-0.39, 0.29) is 0 Å². The standard InChI is InChI=1S/C58H37NS2/c1-2-23-48-38(13-1)14-11-26-49(48)44-19-10-22-47(36-44)59(46-21-9-17-41(35-46)42-31-32-53-51-24-3-5-29-55(51)60-57(53)37-42)45-20-8-16-40(34-45)39-15-7-18-43(33-39)50-27-12-28-54-52-25-4-6-30-56(52)61-58(50)54/h1-37H. The Balaban J connectivity index is 0.990. The summed E-state index contributed by atoms with van der Waals surface area (Å²) in [6, 6.07) is 82.5. The average Bonchev–Trinajstić information content (AvgIpc) is 3.90. The van der Waals surface area contributed by atoms with Crippen molar-refractivity contribution in [1.82, 2.24) is 0 Å². The molecule has 0 radical (unpaired) electrons. The van der Waals surface area contributed by atoms with Crippen molar-refractivity contribution in [2.75, 3.05) is 4.90 Å². The first-order chi connectivity index (χ1) is 30.2. The van der Waals surface area contributed by atoms with Gasteiger partial charge in [-0.15, -0.1) is 22.7 Å². The summed E-state index contributed by atoms with van der Waals surface area (Å²) in [5.41, 5.74) is 13.0. The third-order valence-corrected chi connectivity index (χ3v) is 14.4. The minimum Gasteiger partial charge on any atom is -0.310 e. The van der Waals surface area contributed by atoms with Crippen LogP contribution >= 0.6 is 22.7 Å². The maximum absolute atomic E-state index is 2.42. The van der Waals surface area contributed by atoms with E-state index in [1.807, 2.05) is 22.7 Å². The smallest absolute Gasteiger partial charge is 0.0467 e. The van der Waals surface area contributed by atoms with Gasteiger partial charge in [0.1, 0.15) is 0 Å². The van der Waals surface area contributed by atoms with E-state index >= 15 is 0 Å². The molecular weight excluding hydrogens is 775 g/mol. The molecule has 0 aliphatic heterocycles. The summed E-state index contributed by atoms with van der Waals surface area (Å²) in [5, 5.41) is 7.77. The Morgan fingerprint density at radius 2 is 0.721 bits per heavy atom. The lowest BCUT2D eigenvalue weighted by molar-refractivity contribution is 1.28. The fourth-order valence-electron chi connectivity index (χ4n) is 9.13. The predicted octanol–water partition coefficient (Wildman–Crippen LogP) is 17.7. The topological polar surface area (TPSA) is 3.24 Å². The molecule has 3 heteroatoms. The summed E-state index contributed by atoms with van der Waals surface area (Å²) in [4.78, 5) is 2.42. The van der Waals surface area contributed by atoms with Crippen LogP contribution in [0.1, 0.15) is 0 Å². The lowest BCUT2D eigenvalue weighted by Crippen LogP contribution is -2.10. The van der Waals surface area contributed by atoms with Crippen molar-refractivity contribution < 1.29 is 0 Å². The molecule has 286 valence electrons. The minimum absolute atomic E-state index is 1.10. The molecule has 2 aromatic heterocycles. The number of thiophene rings is 2. The van der Waals surface area contributed by atoms with Gasteiger partial charge in [0.15, 0.2) is 0 Å². The van der Waals surface area contributed by atoms with Gasteiger partial charge in [0.2, 0.25) is 0 Å². The van der Waals surface area contributed by atoms with Gasteiger partial charge in [0.25, 0.3) is 0 Å². The number of fused-ring (bicyclic) bond motifs is 7. The Bertz CT molecular complexity index is 3620. The first-order valence-corrected chi connectivity index (χ1v) is 22.4. The Hall–Kier alpha value is -7.30. The first kappa shape index (κ1) is 35.6. The van der Waals surface area contributed by atoms with E-state index in [9.17, 15) is 0 Å². The highest BCUT2D eigenvalue weighted by Gasteiger charge is 2.18. The zero-order chi connectivity index (χ0) is 40.3. The summed E-state index contributed by atoms with van der Waals surface area (Å²) in [6.07, 6.45) is 0. The van der Waals surface area contributed by atoms with Gasteiger partial charge >= 0.3 is 0 Å². The molecule has 10 aromatic carbocycles. The van der Waals surface area contributed by atoms with Gasteiger partial charge in [0.05, 0.1) is 0 Å². The Kier molecular flexibility index (Phi) is 8.62. The first-order valence-electron chi connectivity index (χ1n) is 20.7. The average molecular weight is 812 g/mol. The van der Waals surface area contributed by atoms with E-state index in [1.54, 1.807) is 0 Å². The van der Waals surface area contributed by atoms with E-state index in [2.05, 4.69) is 229 Å². The highest BCUT2D eigenvalue weighted by molar-refractivity contribution is 7.26. The highest BCUT2D eigenvalue weighted by atomic mass is 32.1. The molecule has 0 atom stereocenters. The Morgan fingerprint density at radius 3 is 1.46 bits per heavy atom. The lowest BCUT2D eigenvalue weighted by atomic mass is 9.96. The van der Waals surface area contributed by atoms with Gasteiger partial charge in [-0.05, 0) is 116 Å². The number of benzene rings is 10. The molecule has 2 heterocycles. The van der Waals surface area contributed by atoms with Crippen LogP contribution < -0.4 is 4.90 Å². The molecule has 12 rings (SSSR count). The van der Waals surface area contributed by atoms with Crippen molar-refractivity contribution in [3.05, 3.63) is 224 Å². The molecule has 0 bridgehead atoms. The monoisotopic (exact) mass is 811 g/mol. The molecular formula is C58H37NS2. The molecule has 61 heavy (non-hydrogen) atoms. The summed E-state index contributed by atoms with van der Waals surface area (Å²) in [6.45, 7) is 0. The van der Waals surface area contributed by atoms with Crippen LogP contribution in [0.4, 0.5) is 17.1 Å². The van der Waals surface area contributed by atoms with Gasteiger partial charge < -0.3 is 4.90 Å². The molecule has 0 N–H and O–H groups in total. The second kappa shape index (κ2) is 14.8. The number of hydrogen-bond donors (Lipinski definition) is 0. The maximum Gasteiger partial charge on any atom is 0.0467 e. The zero-order valence-corrected chi connectivity index (χ0v) is 34.8. The molecule has 0 aliphatic carbocycles. The van der Waals surface area contributed by atoms with Gasteiger partial charge in [0, 0.05) is 57.4 Å². The van der Waals surface area contributed by atoms with E-state index in [0.717, 1.165) is 17.1 Å². The van der Waals surface area contributed by atoms with Gasteiger partial charge in [-0.1, -0.05) is 164 Å². The van der Waals surface area contributed by atoms with Crippen LogP contribution in [0.25, 0.3) is 95.6 Å². The lowest BCUT2D eigenvalue weighted by Gasteiger charge is -2.27. The molecule has 0 amide bonds. The van der Waals surface area contributed by atoms with Crippen LogP contribution in [0.2, 0.25) is 0 Å². The van der Waals surface area contributed by atoms with Crippen molar-refractivity contribution in [3.63, 3.8) is 0 Å². The highest BCUT2D eigenvalue weighted by Crippen LogP contribution is 2.44. The Labute approximate surface area is 362 Å².